The molecule has 1 heterocycles. The second-order valence-electron chi connectivity index (χ2n) is 8.79. The number of benzene rings is 3. The molecule has 0 aromatic heterocycles. The van der Waals surface area contributed by atoms with Crippen LogP contribution in [0, 0.1) is 0 Å². The van der Waals surface area contributed by atoms with Gasteiger partial charge in [-0.15, -0.1) is 0 Å². The molecule has 1 amide bonds. The molecule has 0 spiro atoms. The number of hydrogen-bond donors (Lipinski definition) is 2. The molecule has 7 heteroatoms. The van der Waals surface area contributed by atoms with Gasteiger partial charge in [0.2, 0.25) is 5.91 Å². The van der Waals surface area contributed by atoms with E-state index in [9.17, 15) is 14.7 Å². The molecule has 0 saturated heterocycles. The highest BCUT2D eigenvalue weighted by Gasteiger charge is 2.52. The highest BCUT2D eigenvalue weighted by molar-refractivity contribution is 9.10. The first-order valence-corrected chi connectivity index (χ1v) is 11.9. The molecule has 3 aromatic rings. The van der Waals surface area contributed by atoms with Gasteiger partial charge in [0, 0.05) is 22.5 Å². The van der Waals surface area contributed by atoms with Gasteiger partial charge in [0.1, 0.15) is 17.6 Å². The van der Waals surface area contributed by atoms with Crippen molar-refractivity contribution in [2.24, 2.45) is 0 Å². The number of rotatable bonds is 6. The lowest BCUT2D eigenvalue weighted by Crippen LogP contribution is -2.39. The van der Waals surface area contributed by atoms with Crippen LogP contribution in [-0.2, 0) is 10.2 Å². The summed E-state index contributed by atoms with van der Waals surface area (Å²) in [7, 11) is 1.60. The number of fused-ring (bicyclic) bond motifs is 1. The van der Waals surface area contributed by atoms with E-state index in [0.717, 1.165) is 34.0 Å². The molecule has 6 nitrogen and oxygen atoms in total. The van der Waals surface area contributed by atoms with Crippen molar-refractivity contribution in [1.29, 1.82) is 0 Å². The molecule has 1 aliphatic carbocycles. The van der Waals surface area contributed by atoms with Gasteiger partial charge in [0.15, 0.2) is 0 Å². The van der Waals surface area contributed by atoms with Crippen molar-refractivity contribution in [2.75, 3.05) is 7.11 Å². The van der Waals surface area contributed by atoms with Gasteiger partial charge in [-0.3, -0.25) is 4.79 Å². The van der Waals surface area contributed by atoms with Gasteiger partial charge >= 0.3 is 5.97 Å². The summed E-state index contributed by atoms with van der Waals surface area (Å²) in [6, 6.07) is 20.0. The Bertz CT molecular complexity index is 1230. The Morgan fingerprint density at radius 2 is 1.76 bits per heavy atom. The Hall–Kier alpha value is -3.32. The van der Waals surface area contributed by atoms with Crippen LogP contribution in [0.4, 0.5) is 0 Å². The normalized spacial score (nSPS) is 19.9. The van der Waals surface area contributed by atoms with Gasteiger partial charge in [-0.2, -0.15) is 0 Å². The number of amides is 1. The molecule has 174 valence electrons. The van der Waals surface area contributed by atoms with Crippen LogP contribution in [0.5, 0.6) is 11.5 Å². The van der Waals surface area contributed by atoms with Gasteiger partial charge in [-0.1, -0.05) is 40.2 Å². The SMILES string of the molecule is COc1ccc2c(c1)O[C@@H](c1ccc(C(=O)O)cc1)C[C@H]2NC(=O)C1(c2ccc(Br)cc2)CC1. The topological polar surface area (TPSA) is 84.9 Å². The molecule has 3 aromatic carbocycles. The van der Waals surface area contributed by atoms with Crippen LogP contribution >= 0.6 is 15.9 Å². The van der Waals surface area contributed by atoms with Crippen molar-refractivity contribution in [3.63, 3.8) is 0 Å². The molecule has 0 unspecified atom stereocenters. The van der Waals surface area contributed by atoms with Crippen LogP contribution in [0.1, 0.15) is 58.5 Å². The second-order valence-corrected chi connectivity index (χ2v) is 9.70. The Labute approximate surface area is 206 Å². The molecule has 2 atom stereocenters. The molecule has 34 heavy (non-hydrogen) atoms. The van der Waals surface area contributed by atoms with Crippen molar-refractivity contribution in [2.45, 2.75) is 36.8 Å². The molecule has 5 rings (SSSR count). The summed E-state index contributed by atoms with van der Waals surface area (Å²) in [5.41, 5.74) is 2.50. The van der Waals surface area contributed by atoms with E-state index in [-0.39, 0.29) is 23.6 Å². The zero-order chi connectivity index (χ0) is 23.9. The summed E-state index contributed by atoms with van der Waals surface area (Å²) in [6.07, 6.45) is 1.84. The number of nitrogens with one attached hydrogen (secondary N) is 1. The maximum atomic E-state index is 13.5. The molecule has 1 fully saturated rings. The number of hydrogen-bond acceptors (Lipinski definition) is 4. The lowest BCUT2D eigenvalue weighted by atomic mass is 9.90. The lowest BCUT2D eigenvalue weighted by molar-refractivity contribution is -0.124. The van der Waals surface area contributed by atoms with Crippen molar-refractivity contribution < 1.29 is 24.2 Å². The van der Waals surface area contributed by atoms with E-state index in [1.54, 1.807) is 31.4 Å². The average molecular weight is 522 g/mol. The zero-order valence-electron chi connectivity index (χ0n) is 18.6. The standard InChI is InChI=1S/C27H24BrNO5/c1-33-20-10-11-21-22(29-26(32)27(12-13-27)18-6-8-19(28)9-7-18)15-23(34-24(21)14-20)16-2-4-17(5-3-16)25(30)31/h2-11,14,22-23H,12-13,15H2,1H3,(H,29,32)(H,30,31)/t22-,23-/m1/s1. The van der Waals surface area contributed by atoms with E-state index in [1.165, 1.54) is 0 Å². The number of carboxylic acid groups (broad SMARTS) is 1. The van der Waals surface area contributed by atoms with Gasteiger partial charge in [0.25, 0.3) is 0 Å². The Morgan fingerprint density at radius 3 is 2.38 bits per heavy atom. The first kappa shape index (κ1) is 22.5. The van der Waals surface area contributed by atoms with E-state index in [4.69, 9.17) is 9.47 Å². The first-order chi connectivity index (χ1) is 16.4. The molecular weight excluding hydrogens is 498 g/mol. The average Bonchev–Trinajstić information content (AvgIpc) is 3.66. The van der Waals surface area contributed by atoms with Crippen molar-refractivity contribution in [3.05, 3.63) is 93.5 Å². The van der Waals surface area contributed by atoms with E-state index < -0.39 is 11.4 Å². The fourth-order valence-electron chi connectivity index (χ4n) is 4.59. The van der Waals surface area contributed by atoms with Gasteiger partial charge in [-0.05, 0) is 60.4 Å². The molecule has 2 aliphatic rings. The predicted molar refractivity (Wildman–Crippen MR) is 130 cm³/mol. The highest BCUT2D eigenvalue weighted by Crippen LogP contribution is 2.50. The molecule has 0 bridgehead atoms. The summed E-state index contributed by atoms with van der Waals surface area (Å²) >= 11 is 3.46. The fourth-order valence-corrected chi connectivity index (χ4v) is 4.86. The summed E-state index contributed by atoms with van der Waals surface area (Å²) in [6.45, 7) is 0. The second kappa shape index (κ2) is 8.80. The maximum absolute atomic E-state index is 13.5. The third kappa shape index (κ3) is 4.16. The number of carbonyl (C=O) groups is 2. The van der Waals surface area contributed by atoms with E-state index in [2.05, 4.69) is 21.2 Å². The van der Waals surface area contributed by atoms with E-state index in [0.29, 0.717) is 17.9 Å². The largest absolute Gasteiger partial charge is 0.497 e. The minimum absolute atomic E-state index is 0.0171. The molecule has 0 radical (unpaired) electrons. The van der Waals surface area contributed by atoms with Crippen LogP contribution in [0.3, 0.4) is 0 Å². The Morgan fingerprint density at radius 1 is 1.06 bits per heavy atom. The Balaban J connectivity index is 1.44. The monoisotopic (exact) mass is 521 g/mol. The van der Waals surface area contributed by atoms with E-state index >= 15 is 0 Å². The predicted octanol–water partition coefficient (Wildman–Crippen LogP) is 5.57. The van der Waals surface area contributed by atoms with Crippen LogP contribution < -0.4 is 14.8 Å². The van der Waals surface area contributed by atoms with Gasteiger partial charge in [0.05, 0.1) is 24.1 Å². The first-order valence-electron chi connectivity index (χ1n) is 11.1. The van der Waals surface area contributed by atoms with Crippen molar-refractivity contribution in [3.8, 4) is 11.5 Å². The third-order valence-corrected chi connectivity index (χ3v) is 7.26. The number of aromatic carboxylic acids is 1. The highest BCUT2D eigenvalue weighted by atomic mass is 79.9. The molecule has 1 saturated carbocycles. The summed E-state index contributed by atoms with van der Waals surface area (Å²) in [5.74, 6) is 0.360. The molecule has 2 N–H and O–H groups in total. The quantitative estimate of drug-likeness (QED) is 0.443. The number of halogens is 1. The summed E-state index contributed by atoms with van der Waals surface area (Å²) in [5, 5.41) is 12.5. The number of methoxy groups -OCH3 is 1. The summed E-state index contributed by atoms with van der Waals surface area (Å²) < 4.78 is 12.6. The summed E-state index contributed by atoms with van der Waals surface area (Å²) in [4.78, 5) is 24.8. The van der Waals surface area contributed by atoms with Gasteiger partial charge < -0.3 is 19.9 Å². The van der Waals surface area contributed by atoms with Gasteiger partial charge in [-0.25, -0.2) is 4.79 Å². The van der Waals surface area contributed by atoms with E-state index in [1.807, 2.05) is 42.5 Å². The Kier molecular flexibility index (Phi) is 5.81. The lowest BCUT2D eigenvalue weighted by Gasteiger charge is -2.34. The smallest absolute Gasteiger partial charge is 0.335 e. The number of carbonyl (C=O) groups excluding carboxylic acids is 1. The zero-order valence-corrected chi connectivity index (χ0v) is 20.2. The van der Waals surface area contributed by atoms with Crippen LogP contribution in [0.15, 0.2) is 71.2 Å². The van der Waals surface area contributed by atoms with Crippen LogP contribution in [-0.4, -0.2) is 24.1 Å². The maximum Gasteiger partial charge on any atom is 0.335 e. The van der Waals surface area contributed by atoms with Crippen molar-refractivity contribution >= 4 is 27.8 Å². The molecule has 1 aliphatic heterocycles. The van der Waals surface area contributed by atoms with Crippen LogP contribution in [0.2, 0.25) is 0 Å². The van der Waals surface area contributed by atoms with Crippen LogP contribution in [0.25, 0.3) is 0 Å². The number of carboxylic acids is 1. The third-order valence-electron chi connectivity index (χ3n) is 6.73. The molecular formula is C27H24BrNO5. The van der Waals surface area contributed by atoms with Crippen molar-refractivity contribution in [1.82, 2.24) is 5.32 Å². The minimum Gasteiger partial charge on any atom is -0.497 e. The number of ether oxygens (including phenoxy) is 2. The fraction of sp³-hybridized carbons (Fsp3) is 0.259. The minimum atomic E-state index is -0.973.